The number of hydrogen-bond acceptors (Lipinski definition) is 2. The van der Waals surface area contributed by atoms with Crippen LogP contribution in [0.3, 0.4) is 0 Å². The third kappa shape index (κ3) is 4.54. The van der Waals surface area contributed by atoms with Gasteiger partial charge < -0.3 is 9.30 Å². The highest BCUT2D eigenvalue weighted by atomic mass is 35.5. The lowest BCUT2D eigenvalue weighted by Crippen LogP contribution is -2.09. The van der Waals surface area contributed by atoms with Crippen LogP contribution in [0, 0.1) is 25.7 Å². The second-order valence-electron chi connectivity index (χ2n) is 4.74. The molecule has 2 rings (SSSR count). The van der Waals surface area contributed by atoms with Crippen LogP contribution in [0.4, 0.5) is 0 Å². The number of ether oxygens (including phenoxy) is 1. The van der Waals surface area contributed by atoms with Gasteiger partial charge in [-0.2, -0.15) is 0 Å². The summed E-state index contributed by atoms with van der Waals surface area (Å²) in [6.45, 7) is 5.43. The van der Waals surface area contributed by atoms with Gasteiger partial charge in [0.25, 0.3) is 0 Å². The summed E-state index contributed by atoms with van der Waals surface area (Å²) < 4.78 is 7.90. The molecular formula is C17H19ClN2O. The minimum absolute atomic E-state index is 0.570. The number of aryl methyl sites for hydroxylation is 2. The van der Waals surface area contributed by atoms with Crippen molar-refractivity contribution in [3.63, 3.8) is 0 Å². The van der Waals surface area contributed by atoms with Crippen LogP contribution in [0.1, 0.15) is 23.4 Å². The molecule has 0 amide bonds. The molecule has 0 saturated heterocycles. The molecule has 1 aromatic carbocycles. The molecule has 3 nitrogen and oxygen atoms in total. The van der Waals surface area contributed by atoms with Crippen molar-refractivity contribution in [3.8, 4) is 17.6 Å². The minimum atomic E-state index is 0.570. The van der Waals surface area contributed by atoms with E-state index >= 15 is 0 Å². The van der Waals surface area contributed by atoms with Crippen LogP contribution in [0.25, 0.3) is 0 Å². The molecule has 0 bridgehead atoms. The molecule has 2 aromatic rings. The molecule has 110 valence electrons. The molecule has 0 fully saturated rings. The molecule has 1 aromatic heterocycles. The molecule has 4 heteroatoms. The largest absolute Gasteiger partial charge is 0.491 e. The average Bonchev–Trinajstić information content (AvgIpc) is 2.87. The Bertz CT molecular complexity index is 652. The van der Waals surface area contributed by atoms with E-state index in [0.717, 1.165) is 29.2 Å². The molecule has 1 heterocycles. The van der Waals surface area contributed by atoms with Crippen LogP contribution in [0.15, 0.2) is 30.6 Å². The van der Waals surface area contributed by atoms with E-state index in [1.54, 1.807) is 6.20 Å². The fourth-order valence-corrected chi connectivity index (χ4v) is 2.09. The van der Waals surface area contributed by atoms with Crippen molar-refractivity contribution >= 4 is 11.6 Å². The first-order valence-electron chi connectivity index (χ1n) is 6.96. The lowest BCUT2D eigenvalue weighted by Gasteiger charge is -2.10. The monoisotopic (exact) mass is 302 g/mol. The van der Waals surface area contributed by atoms with E-state index in [1.165, 1.54) is 0 Å². The van der Waals surface area contributed by atoms with Crippen molar-refractivity contribution < 1.29 is 4.74 Å². The van der Waals surface area contributed by atoms with E-state index in [4.69, 9.17) is 16.3 Å². The van der Waals surface area contributed by atoms with Gasteiger partial charge in [-0.05, 0) is 37.6 Å². The quantitative estimate of drug-likeness (QED) is 0.624. The first-order chi connectivity index (χ1) is 10.2. The lowest BCUT2D eigenvalue weighted by atomic mass is 10.1. The number of hydrogen-bond donors (Lipinski definition) is 0. The van der Waals surface area contributed by atoms with Gasteiger partial charge in [0.2, 0.25) is 0 Å². The molecule has 0 aliphatic carbocycles. The summed E-state index contributed by atoms with van der Waals surface area (Å²) >= 11 is 5.61. The maximum Gasteiger partial charge on any atom is 0.122 e. The Balaban J connectivity index is 1.92. The lowest BCUT2D eigenvalue weighted by molar-refractivity contribution is 0.295. The summed E-state index contributed by atoms with van der Waals surface area (Å²) in [6, 6.07) is 5.99. The van der Waals surface area contributed by atoms with Crippen molar-refractivity contribution in [1.82, 2.24) is 9.55 Å². The fourth-order valence-electron chi connectivity index (χ4n) is 1.99. The molecule has 0 radical (unpaired) electrons. The Hall–Kier alpha value is -1.92. The summed E-state index contributed by atoms with van der Waals surface area (Å²) in [5.41, 5.74) is 2.09. The molecular weight excluding hydrogens is 284 g/mol. The number of rotatable bonds is 5. The zero-order chi connectivity index (χ0) is 15.1. The van der Waals surface area contributed by atoms with Gasteiger partial charge in [0.15, 0.2) is 0 Å². The van der Waals surface area contributed by atoms with Gasteiger partial charge in [0, 0.05) is 30.3 Å². The number of halogens is 1. The standard InChI is InChI=1S/C17H19ClN2O/c1-14-13-16(5-3-4-8-18)6-7-17(14)21-12-11-20-10-9-19-15(20)2/h6-7,9-10,13H,4,8,11-12H2,1-2H3. The minimum Gasteiger partial charge on any atom is -0.491 e. The highest BCUT2D eigenvalue weighted by molar-refractivity contribution is 6.18. The Morgan fingerprint density at radius 3 is 2.86 bits per heavy atom. The summed E-state index contributed by atoms with van der Waals surface area (Å²) in [5, 5.41) is 0. The molecule has 21 heavy (non-hydrogen) atoms. The van der Waals surface area contributed by atoms with E-state index in [-0.39, 0.29) is 0 Å². The van der Waals surface area contributed by atoms with E-state index in [1.807, 2.05) is 38.2 Å². The smallest absolute Gasteiger partial charge is 0.122 e. The third-order valence-electron chi connectivity index (χ3n) is 3.14. The van der Waals surface area contributed by atoms with Crippen molar-refractivity contribution in [3.05, 3.63) is 47.5 Å². The van der Waals surface area contributed by atoms with E-state index in [9.17, 15) is 0 Å². The van der Waals surface area contributed by atoms with Gasteiger partial charge >= 0.3 is 0 Å². The van der Waals surface area contributed by atoms with Crippen molar-refractivity contribution in [2.24, 2.45) is 0 Å². The Labute approximate surface area is 130 Å². The second-order valence-corrected chi connectivity index (χ2v) is 5.12. The van der Waals surface area contributed by atoms with Crippen molar-refractivity contribution in [2.45, 2.75) is 26.8 Å². The van der Waals surface area contributed by atoms with E-state index in [2.05, 4.69) is 21.4 Å². The molecule has 0 unspecified atom stereocenters. The Morgan fingerprint density at radius 1 is 1.33 bits per heavy atom. The summed E-state index contributed by atoms with van der Waals surface area (Å²) in [7, 11) is 0. The molecule has 0 saturated carbocycles. The van der Waals surface area contributed by atoms with Gasteiger partial charge in [-0.1, -0.05) is 11.8 Å². The Morgan fingerprint density at radius 2 is 2.19 bits per heavy atom. The average molecular weight is 303 g/mol. The summed E-state index contributed by atoms with van der Waals surface area (Å²) in [4.78, 5) is 4.19. The number of nitrogens with zero attached hydrogens (tertiary/aromatic N) is 2. The number of alkyl halides is 1. The third-order valence-corrected chi connectivity index (χ3v) is 3.33. The van der Waals surface area contributed by atoms with Crippen LogP contribution in [-0.2, 0) is 6.54 Å². The second kappa shape index (κ2) is 7.75. The highest BCUT2D eigenvalue weighted by Crippen LogP contribution is 2.18. The van der Waals surface area contributed by atoms with Gasteiger partial charge in [0.05, 0.1) is 6.54 Å². The van der Waals surface area contributed by atoms with Crippen LogP contribution in [0.2, 0.25) is 0 Å². The van der Waals surface area contributed by atoms with Crippen LogP contribution >= 0.6 is 11.6 Å². The first-order valence-corrected chi connectivity index (χ1v) is 7.50. The van der Waals surface area contributed by atoms with E-state index in [0.29, 0.717) is 18.9 Å². The zero-order valence-corrected chi connectivity index (χ0v) is 13.2. The van der Waals surface area contributed by atoms with Crippen LogP contribution < -0.4 is 4.74 Å². The molecule has 0 N–H and O–H groups in total. The molecule has 0 atom stereocenters. The van der Waals surface area contributed by atoms with Crippen LogP contribution in [0.5, 0.6) is 5.75 Å². The number of imidazole rings is 1. The van der Waals surface area contributed by atoms with Gasteiger partial charge in [0.1, 0.15) is 18.2 Å². The summed E-state index contributed by atoms with van der Waals surface area (Å²) in [5.74, 6) is 8.60. The Kier molecular flexibility index (Phi) is 5.71. The topological polar surface area (TPSA) is 27.1 Å². The fraction of sp³-hybridized carbons (Fsp3) is 0.353. The van der Waals surface area contributed by atoms with Crippen LogP contribution in [-0.4, -0.2) is 22.0 Å². The predicted molar refractivity (Wildman–Crippen MR) is 85.9 cm³/mol. The van der Waals surface area contributed by atoms with E-state index < -0.39 is 0 Å². The van der Waals surface area contributed by atoms with Crippen molar-refractivity contribution in [1.29, 1.82) is 0 Å². The SMILES string of the molecule is Cc1cc(C#CCCCl)ccc1OCCn1ccnc1C. The normalized spacial score (nSPS) is 10.0. The molecule has 0 aliphatic heterocycles. The predicted octanol–water partition coefficient (Wildman–Crippen LogP) is 3.56. The molecule has 0 spiro atoms. The number of benzene rings is 1. The zero-order valence-electron chi connectivity index (χ0n) is 12.4. The van der Waals surface area contributed by atoms with Gasteiger partial charge in [-0.25, -0.2) is 4.98 Å². The van der Waals surface area contributed by atoms with Gasteiger partial charge in [-0.15, -0.1) is 11.6 Å². The highest BCUT2D eigenvalue weighted by Gasteiger charge is 2.01. The summed E-state index contributed by atoms with van der Waals surface area (Å²) in [6.07, 6.45) is 4.47. The number of aromatic nitrogens is 2. The van der Waals surface area contributed by atoms with Gasteiger partial charge in [-0.3, -0.25) is 0 Å². The van der Waals surface area contributed by atoms with Crippen molar-refractivity contribution in [2.75, 3.05) is 12.5 Å². The maximum absolute atomic E-state index is 5.83. The maximum atomic E-state index is 5.83. The molecule has 0 aliphatic rings. The first kappa shape index (κ1) is 15.5.